The molecule has 0 radical (unpaired) electrons. The number of fused-ring (bicyclic) bond motifs is 1. The van der Waals surface area contributed by atoms with E-state index < -0.39 is 41.4 Å². The van der Waals surface area contributed by atoms with Gasteiger partial charge in [0.15, 0.2) is 6.10 Å². The van der Waals surface area contributed by atoms with Gasteiger partial charge in [-0.3, -0.25) is 9.59 Å². The number of para-hydroxylation sites is 3. The first kappa shape index (κ1) is 20.2. The van der Waals surface area contributed by atoms with Crippen LogP contribution in [0.25, 0.3) is 0 Å². The average molecular weight is 404 g/mol. The van der Waals surface area contributed by atoms with Gasteiger partial charge < -0.3 is 19.7 Å². The fraction of sp³-hybridized carbons (Fsp3) is 0.250. The van der Waals surface area contributed by atoms with Crippen LogP contribution < -0.4 is 15.0 Å². The number of halogens is 2. The van der Waals surface area contributed by atoms with E-state index in [2.05, 4.69) is 5.32 Å². The monoisotopic (exact) mass is 404 g/mol. The molecule has 1 N–H and O–H groups in total. The van der Waals surface area contributed by atoms with E-state index in [4.69, 9.17) is 9.47 Å². The van der Waals surface area contributed by atoms with E-state index in [0.717, 1.165) is 18.2 Å². The van der Waals surface area contributed by atoms with Crippen LogP contribution in [0.3, 0.4) is 0 Å². The highest BCUT2D eigenvalue weighted by atomic mass is 19.1. The van der Waals surface area contributed by atoms with E-state index in [1.54, 1.807) is 24.3 Å². The van der Waals surface area contributed by atoms with E-state index in [1.807, 2.05) is 0 Å². The minimum absolute atomic E-state index is 0.0958. The zero-order valence-corrected chi connectivity index (χ0v) is 15.6. The highest BCUT2D eigenvalue weighted by Gasteiger charge is 2.35. The van der Waals surface area contributed by atoms with E-state index in [9.17, 15) is 23.2 Å². The zero-order valence-electron chi connectivity index (χ0n) is 15.6. The summed E-state index contributed by atoms with van der Waals surface area (Å²) in [5.41, 5.74) is -0.115. The molecule has 0 saturated carbocycles. The smallest absolute Gasteiger partial charge is 0.350 e. The molecule has 0 bridgehead atoms. The van der Waals surface area contributed by atoms with Gasteiger partial charge in [0.05, 0.1) is 12.2 Å². The van der Waals surface area contributed by atoms with Crippen molar-refractivity contribution in [2.45, 2.75) is 26.1 Å². The molecular formula is C20H18F2N2O5. The van der Waals surface area contributed by atoms with Gasteiger partial charge >= 0.3 is 5.97 Å². The lowest BCUT2D eigenvalue weighted by atomic mass is 10.2. The second kappa shape index (κ2) is 8.26. The summed E-state index contributed by atoms with van der Waals surface area (Å²) < 4.78 is 38.0. The van der Waals surface area contributed by atoms with E-state index in [1.165, 1.54) is 18.7 Å². The summed E-state index contributed by atoms with van der Waals surface area (Å²) in [6.45, 7) is 2.51. The largest absolute Gasteiger partial charge is 0.475 e. The molecule has 1 heterocycles. The molecule has 1 aliphatic heterocycles. The van der Waals surface area contributed by atoms with Crippen molar-refractivity contribution >= 4 is 29.2 Å². The first-order chi connectivity index (χ1) is 13.8. The first-order valence-electron chi connectivity index (χ1n) is 8.77. The first-order valence-corrected chi connectivity index (χ1v) is 8.77. The van der Waals surface area contributed by atoms with E-state index >= 15 is 0 Å². The number of nitrogens with one attached hydrogen (secondary N) is 1. The number of carbonyl (C=O) groups excluding carboxylic acids is 3. The lowest BCUT2D eigenvalue weighted by Gasteiger charge is -2.33. The quantitative estimate of drug-likeness (QED) is 0.792. The van der Waals surface area contributed by atoms with Crippen LogP contribution in [0.1, 0.15) is 13.8 Å². The van der Waals surface area contributed by atoms with Gasteiger partial charge in [-0.15, -0.1) is 0 Å². The van der Waals surface area contributed by atoms with E-state index in [0.29, 0.717) is 11.4 Å². The van der Waals surface area contributed by atoms with Crippen LogP contribution in [0, 0.1) is 11.6 Å². The highest BCUT2D eigenvalue weighted by Crippen LogP contribution is 2.33. The van der Waals surface area contributed by atoms with Crippen LogP contribution in [0.15, 0.2) is 42.5 Å². The molecule has 0 saturated heterocycles. The molecule has 2 aromatic rings. The average Bonchev–Trinajstić information content (AvgIpc) is 2.69. The Hall–Kier alpha value is -3.49. The van der Waals surface area contributed by atoms with Crippen LogP contribution in [0.5, 0.6) is 5.75 Å². The SMILES string of the molecule is CC(=O)N1C[C@@H](C(=O)O[C@@H](C)C(=O)Nc2c(F)cccc2F)Oc2ccccc21. The fourth-order valence-corrected chi connectivity index (χ4v) is 2.80. The molecule has 0 fully saturated rings. The molecule has 152 valence electrons. The Morgan fingerprint density at radius 3 is 2.45 bits per heavy atom. The van der Waals surface area contributed by atoms with E-state index in [-0.39, 0.29) is 12.5 Å². The standard InChI is InChI=1S/C20H18F2N2O5/c1-11(19(26)23-18-13(21)6-5-7-14(18)22)28-20(27)17-10-24(12(2)25)15-8-3-4-9-16(15)29-17/h3-9,11,17H,10H2,1-2H3,(H,23,26)/t11-,17-/m0/s1. The zero-order chi connectivity index (χ0) is 21.1. The van der Waals surface area contributed by atoms with Crippen molar-refractivity contribution in [2.75, 3.05) is 16.8 Å². The Kier molecular flexibility index (Phi) is 5.76. The van der Waals surface area contributed by atoms with Crippen molar-refractivity contribution in [3.63, 3.8) is 0 Å². The van der Waals surface area contributed by atoms with Crippen LogP contribution in [0.2, 0.25) is 0 Å². The minimum Gasteiger partial charge on any atom is -0.475 e. The van der Waals surface area contributed by atoms with Crippen LogP contribution in [-0.4, -0.2) is 36.5 Å². The summed E-state index contributed by atoms with van der Waals surface area (Å²) >= 11 is 0. The fourth-order valence-electron chi connectivity index (χ4n) is 2.80. The third-order valence-electron chi connectivity index (χ3n) is 4.29. The summed E-state index contributed by atoms with van der Waals surface area (Å²) in [4.78, 5) is 37.9. The lowest BCUT2D eigenvalue weighted by molar-refractivity contribution is -0.160. The molecule has 9 heteroatoms. The van der Waals surface area contributed by atoms with Crippen molar-refractivity contribution in [3.05, 3.63) is 54.1 Å². The predicted octanol–water partition coefficient (Wildman–Crippen LogP) is 2.65. The van der Waals surface area contributed by atoms with Crippen molar-refractivity contribution in [2.24, 2.45) is 0 Å². The maximum absolute atomic E-state index is 13.7. The van der Waals surface area contributed by atoms with Crippen LogP contribution in [0.4, 0.5) is 20.2 Å². The van der Waals surface area contributed by atoms with Gasteiger partial charge in [0.2, 0.25) is 12.0 Å². The summed E-state index contributed by atoms with van der Waals surface area (Å²) in [7, 11) is 0. The Labute approximate surface area is 165 Å². The number of esters is 1. The molecule has 2 aromatic carbocycles. The number of anilines is 2. The topological polar surface area (TPSA) is 84.9 Å². The van der Waals surface area contributed by atoms with Gasteiger partial charge in [0, 0.05) is 6.92 Å². The number of carbonyl (C=O) groups is 3. The van der Waals surface area contributed by atoms with Crippen molar-refractivity contribution in [3.8, 4) is 5.75 Å². The highest BCUT2D eigenvalue weighted by molar-refractivity contribution is 5.97. The van der Waals surface area contributed by atoms with Crippen molar-refractivity contribution in [1.29, 1.82) is 0 Å². The number of rotatable bonds is 4. The number of hydrogen-bond donors (Lipinski definition) is 1. The Morgan fingerprint density at radius 2 is 1.79 bits per heavy atom. The molecule has 0 spiro atoms. The molecule has 29 heavy (non-hydrogen) atoms. The number of hydrogen-bond acceptors (Lipinski definition) is 5. The molecular weight excluding hydrogens is 386 g/mol. The summed E-state index contributed by atoms with van der Waals surface area (Å²) in [5, 5.41) is 2.06. The Bertz CT molecular complexity index is 945. The molecule has 2 atom stereocenters. The third kappa shape index (κ3) is 4.34. The van der Waals surface area contributed by atoms with Gasteiger partial charge in [-0.05, 0) is 31.2 Å². The molecule has 1 aliphatic rings. The number of benzene rings is 2. The molecule has 0 unspecified atom stereocenters. The molecule has 3 rings (SSSR count). The summed E-state index contributed by atoms with van der Waals surface area (Å²) in [6.07, 6.45) is -2.51. The van der Waals surface area contributed by atoms with Gasteiger partial charge in [-0.1, -0.05) is 18.2 Å². The van der Waals surface area contributed by atoms with Gasteiger partial charge in [0.1, 0.15) is 23.1 Å². The molecule has 0 aromatic heterocycles. The molecule has 2 amide bonds. The maximum atomic E-state index is 13.7. The van der Waals surface area contributed by atoms with Gasteiger partial charge in [0.25, 0.3) is 5.91 Å². The van der Waals surface area contributed by atoms with Crippen LogP contribution >= 0.6 is 0 Å². The van der Waals surface area contributed by atoms with Crippen molar-refractivity contribution < 1.29 is 32.6 Å². The minimum atomic E-state index is -1.35. The predicted molar refractivity (Wildman–Crippen MR) is 99.4 cm³/mol. The second-order valence-corrected chi connectivity index (χ2v) is 6.37. The normalized spacial score (nSPS) is 16.3. The number of amides is 2. The summed E-state index contributed by atoms with van der Waals surface area (Å²) in [5.74, 6) is -3.69. The maximum Gasteiger partial charge on any atom is 0.350 e. The number of ether oxygens (including phenoxy) is 2. The Balaban J connectivity index is 1.68. The van der Waals surface area contributed by atoms with Gasteiger partial charge in [-0.25, -0.2) is 13.6 Å². The van der Waals surface area contributed by atoms with Crippen molar-refractivity contribution in [1.82, 2.24) is 0 Å². The molecule has 7 nitrogen and oxygen atoms in total. The third-order valence-corrected chi connectivity index (χ3v) is 4.29. The summed E-state index contributed by atoms with van der Waals surface area (Å²) in [6, 6.07) is 9.81. The van der Waals surface area contributed by atoms with Crippen LogP contribution in [-0.2, 0) is 19.1 Å². The Morgan fingerprint density at radius 1 is 1.14 bits per heavy atom. The molecule has 0 aliphatic carbocycles. The second-order valence-electron chi connectivity index (χ2n) is 6.37. The lowest BCUT2D eigenvalue weighted by Crippen LogP contribution is -2.48. The van der Waals surface area contributed by atoms with Gasteiger partial charge in [-0.2, -0.15) is 0 Å². The number of nitrogens with zero attached hydrogens (tertiary/aromatic N) is 1.